The van der Waals surface area contributed by atoms with Crippen LogP contribution >= 0.6 is 0 Å². The van der Waals surface area contributed by atoms with Crippen LogP contribution in [-0.4, -0.2) is 19.4 Å². The van der Waals surface area contributed by atoms with Gasteiger partial charge in [-0.2, -0.15) is 0 Å². The van der Waals surface area contributed by atoms with Crippen molar-refractivity contribution in [2.24, 2.45) is 0 Å². The summed E-state index contributed by atoms with van der Waals surface area (Å²) in [4.78, 5) is 10.4. The van der Waals surface area contributed by atoms with Gasteiger partial charge in [0.1, 0.15) is 5.78 Å². The van der Waals surface area contributed by atoms with Gasteiger partial charge in [0.25, 0.3) is 0 Å². The number of unbranched alkanes of at least 4 members (excludes halogenated alkanes) is 1. The second-order valence-electron chi connectivity index (χ2n) is 2.64. The van der Waals surface area contributed by atoms with Gasteiger partial charge in [-0.15, -0.1) is 0 Å². The summed E-state index contributed by atoms with van der Waals surface area (Å²) in [6.45, 7) is 5.06. The molecule has 0 aromatic carbocycles. The zero-order valence-electron chi connectivity index (χ0n) is 10.4. The van der Waals surface area contributed by atoms with E-state index in [9.17, 15) is 4.79 Å². The number of rotatable bonds is 5. The monoisotopic (exact) mass is 416 g/mol. The van der Waals surface area contributed by atoms with E-state index in [1.165, 1.54) is 0 Å². The summed E-state index contributed by atoms with van der Waals surface area (Å²) in [7, 11) is 0.355. The molecule has 0 radical (unpaired) electrons. The molecule has 27 heavy (non-hydrogen) atoms. The lowest BCUT2D eigenvalue weighted by atomic mass is 10.2. The third kappa shape index (κ3) is 452. The van der Waals surface area contributed by atoms with Crippen LogP contribution < -0.4 is 5.32 Å². The van der Waals surface area contributed by atoms with Crippen molar-refractivity contribution in [3.8, 4) is 0 Å². The molecule has 0 atom stereocenters. The lowest BCUT2D eigenvalue weighted by Crippen LogP contribution is -2.04. The van der Waals surface area contributed by atoms with Crippen molar-refractivity contribution in [2.75, 3.05) is 13.6 Å². The molecule has 0 saturated carbocycles. The van der Waals surface area contributed by atoms with Gasteiger partial charge in [-0.25, -0.2) is 0 Å². The highest BCUT2D eigenvalue weighted by Crippen LogP contribution is 1.92. The van der Waals surface area contributed by atoms with Crippen LogP contribution in [-0.2, 0) is 4.79 Å². The number of carbonyl (C=O) groups excluding carboxylic acids is 1. The molecule has 2 nitrogen and oxygen atoms in total. The van der Waals surface area contributed by atoms with Gasteiger partial charge in [0.05, 0.1) is 0 Å². The Morgan fingerprint density at radius 3 is 1.15 bits per heavy atom. The molecule has 0 fully saturated rings. The first kappa shape index (κ1) is 129. The smallest absolute Gasteiger partial charge is 0.129 e. The van der Waals surface area contributed by atoms with Crippen LogP contribution in [0.15, 0.2) is 0 Å². The molecule has 0 spiro atoms. The summed E-state index contributed by atoms with van der Waals surface area (Å²) in [5, 5.41) is 2.86. The van der Waals surface area contributed by atoms with Crippen molar-refractivity contribution >= 4 is 5.78 Å². The highest BCUT2D eigenvalue weighted by molar-refractivity contribution is 5.75. The van der Waals surface area contributed by atoms with Gasteiger partial charge in [0.2, 0.25) is 0 Å². The molecule has 0 aromatic heterocycles. The van der Waals surface area contributed by atoms with Crippen LogP contribution in [0.4, 0.5) is 0 Å². The van der Waals surface area contributed by atoms with Gasteiger partial charge in [-0.1, -0.05) is 132 Å². The van der Waals surface area contributed by atoms with Crippen molar-refractivity contribution in [1.82, 2.24) is 5.32 Å². The van der Waals surface area contributed by atoms with Crippen LogP contribution in [0, 0.1) is 0 Å². The Balaban J connectivity index is -0.00000000441. The largest absolute Gasteiger partial charge is 0.320 e. The second kappa shape index (κ2) is 209. The average Bonchev–Trinajstić information content (AvgIpc) is 2.23. The van der Waals surface area contributed by atoms with E-state index in [-0.39, 0.29) is 124 Å². The van der Waals surface area contributed by atoms with E-state index in [1.807, 2.05) is 6.92 Å². The molecule has 0 aromatic rings. The highest BCUT2D eigenvalue weighted by atomic mass is 16.1. The molecule has 0 saturated heterocycles. The Kier molecular flexibility index (Phi) is 1000. The number of Topliss-reactive ketones (excluding diaryl/α,β-unsaturated/α-hetero) is 1. The molecule has 0 rings (SSSR count). The molecule has 0 aliphatic rings. The van der Waals surface area contributed by atoms with Gasteiger partial charge in [-0.05, 0) is 33.3 Å². The Hall–Kier alpha value is -0.370. The third-order valence-corrected chi connectivity index (χ3v) is 1.24. The van der Waals surface area contributed by atoms with E-state index in [2.05, 4.69) is 12.2 Å². The molecule has 0 unspecified atom stereocenters. The minimum atomic E-state index is -0.0417. The van der Waals surface area contributed by atoms with Crippen molar-refractivity contribution in [1.29, 1.82) is 0 Å². The summed E-state index contributed by atoms with van der Waals surface area (Å²) >= 11 is 0. The molecule has 194 valence electrons. The molecular weight excluding hydrogens is 330 g/mol. The fourth-order valence-electron chi connectivity index (χ4n) is 0.551. The Bertz CT molecular complexity index is 121. The Labute approximate surface area is 190 Å². The Morgan fingerprint density at radius 2 is 1.00 bits per heavy atom. The summed E-state index contributed by atoms with van der Waals surface area (Å²) in [6.07, 6.45) is 3.71. The molecule has 1 N–H and O–H groups in total. The predicted molar refractivity (Wildman–Crippen MR) is 155 cm³/mol. The first-order valence-electron chi connectivity index (χ1n) is 5.95. The summed E-state index contributed by atoms with van der Waals surface area (Å²) in [5.41, 5.74) is 0. The van der Waals surface area contributed by atoms with Crippen molar-refractivity contribution in [3.63, 3.8) is 0 Å². The van der Waals surface area contributed by atoms with E-state index in [4.69, 9.17) is 2.74 Å². The van der Waals surface area contributed by atoms with Crippen LogP contribution in [0.3, 0.4) is 0 Å². The minimum absolute atomic E-state index is 0. The van der Waals surface area contributed by atoms with Gasteiger partial charge in [0.15, 0.2) is 0 Å². The number of hydrogen-bond acceptors (Lipinski definition) is 2. The normalized spacial score (nSPS) is 4.81. The molecule has 0 bridgehead atoms. The van der Waals surface area contributed by atoms with Gasteiger partial charge in [0, 0.05) is 9.16 Å². The molecule has 0 aliphatic carbocycles. The lowest BCUT2D eigenvalue weighted by molar-refractivity contribution is -0.117. The second-order valence-corrected chi connectivity index (χ2v) is 2.64. The standard InChI is InChI=1S/C6H12O.C4H11N.15CH4/c1-3-4-5-6(2)7;1-3-4-5-2;;;;;;;;;;;;;;;/h3-5H2,1-2H3;5H,3-4H2,1-2H3;15*1H4/i2*2D;;;;;;;;;;;;;;;. The van der Waals surface area contributed by atoms with Gasteiger partial charge < -0.3 is 10.1 Å². The van der Waals surface area contributed by atoms with Crippen molar-refractivity contribution in [2.45, 2.75) is 158 Å². The predicted octanol–water partition coefficient (Wildman–Crippen LogP) is 11.9. The summed E-state index contributed by atoms with van der Waals surface area (Å²) in [5.74, 6) is 0.0619. The fourth-order valence-corrected chi connectivity index (χ4v) is 0.551. The first-order valence-corrected chi connectivity index (χ1v) is 4.53. The van der Waals surface area contributed by atoms with Crippen molar-refractivity contribution < 1.29 is 7.54 Å². The topological polar surface area (TPSA) is 29.1 Å². The first-order chi connectivity index (χ1) is 6.72. The van der Waals surface area contributed by atoms with Crippen LogP contribution in [0.2, 0.25) is 0 Å². The number of hydrogen-bond donors (Lipinski definition) is 1. The maximum Gasteiger partial charge on any atom is 0.129 e. The number of nitrogens with one attached hydrogen (secondary N) is 1. The zero-order chi connectivity index (χ0) is 11.2. The number of carbonyl (C=O) groups is 1. The van der Waals surface area contributed by atoms with Crippen molar-refractivity contribution in [3.05, 3.63) is 0 Å². The average molecular weight is 416 g/mol. The van der Waals surface area contributed by atoms with Crippen LogP contribution in [0.5, 0.6) is 0 Å². The summed E-state index contributed by atoms with van der Waals surface area (Å²) in [6, 6.07) is 0. The Morgan fingerprint density at radius 1 is 0.667 bits per heavy atom. The molecule has 0 aliphatic heterocycles. The maximum absolute atomic E-state index is 10.4. The molecule has 0 heterocycles. The molecule has 2 heteroatoms. The lowest BCUT2D eigenvalue weighted by Gasteiger charge is -1.86. The minimum Gasteiger partial charge on any atom is -0.320 e. The van der Waals surface area contributed by atoms with Gasteiger partial charge >= 0.3 is 0 Å². The molecule has 0 amide bonds. The van der Waals surface area contributed by atoms with Crippen LogP contribution in [0.1, 0.15) is 161 Å². The van der Waals surface area contributed by atoms with Crippen LogP contribution in [0.25, 0.3) is 0 Å². The quantitative estimate of drug-likeness (QED) is 0.452. The highest BCUT2D eigenvalue weighted by Gasteiger charge is 1.87. The van der Waals surface area contributed by atoms with E-state index < -0.39 is 0 Å². The van der Waals surface area contributed by atoms with E-state index in [0.29, 0.717) is 13.4 Å². The maximum atomic E-state index is 10.4. The number of ketones is 1. The molecular formula is C25H83NO. The van der Waals surface area contributed by atoms with E-state index >= 15 is 0 Å². The SMILES string of the molecule is C.C.C.C.C.C.C.C.C.C.C.C.C.C.C.[2H]CC(=O)CCCC.[2H]CNCCC. The zero-order valence-corrected chi connectivity index (χ0v) is 8.36. The summed E-state index contributed by atoms with van der Waals surface area (Å²) < 4.78 is 13.2. The fraction of sp³-hybridized carbons (Fsp3) is 0.960. The van der Waals surface area contributed by atoms with E-state index in [0.717, 1.165) is 25.8 Å². The van der Waals surface area contributed by atoms with E-state index in [1.54, 1.807) is 0 Å². The third-order valence-electron chi connectivity index (χ3n) is 1.24. The van der Waals surface area contributed by atoms with Gasteiger partial charge in [-0.3, -0.25) is 0 Å².